The van der Waals surface area contributed by atoms with Crippen LogP contribution in [-0.4, -0.2) is 24.8 Å². The first kappa shape index (κ1) is 23.5. The van der Waals surface area contributed by atoms with Crippen LogP contribution in [0.1, 0.15) is 96.0 Å². The van der Waals surface area contributed by atoms with Crippen molar-refractivity contribution in [3.63, 3.8) is 0 Å². The van der Waals surface area contributed by atoms with Crippen molar-refractivity contribution in [2.24, 2.45) is 0 Å². The van der Waals surface area contributed by atoms with E-state index in [1.165, 1.54) is 57.4 Å². The van der Waals surface area contributed by atoms with Crippen molar-refractivity contribution in [3.05, 3.63) is 35.4 Å². The van der Waals surface area contributed by atoms with Crippen LogP contribution < -0.4 is 0 Å². The van der Waals surface area contributed by atoms with Gasteiger partial charge < -0.3 is 0 Å². The van der Waals surface area contributed by atoms with Gasteiger partial charge in [0.1, 0.15) is 0 Å². The first-order valence-electron chi connectivity index (χ1n) is 10.6. The van der Waals surface area contributed by atoms with Gasteiger partial charge in [-0.15, -0.1) is 0 Å². The Hall–Kier alpha value is -0.511. The zero-order valence-corrected chi connectivity index (χ0v) is 20.8. The molecule has 0 heterocycles. The molecule has 0 saturated heterocycles. The van der Waals surface area contributed by atoms with Gasteiger partial charge in [0, 0.05) is 0 Å². The van der Waals surface area contributed by atoms with Crippen molar-refractivity contribution in [2.45, 2.75) is 98.8 Å². The number of rotatable bonds is 11. The van der Waals surface area contributed by atoms with Crippen LogP contribution in [0.5, 0.6) is 0 Å². The van der Waals surface area contributed by atoms with Gasteiger partial charge in [-0.2, -0.15) is 0 Å². The number of benzene rings is 1. The molecule has 1 aromatic carbocycles. The maximum absolute atomic E-state index is 12.9. The fraction of sp³-hybridized carbons (Fsp3) is 0.696. The Balaban J connectivity index is 2.97. The van der Waals surface area contributed by atoms with Crippen LogP contribution in [0.4, 0.5) is 0 Å². The Labute approximate surface area is 166 Å². The third-order valence-electron chi connectivity index (χ3n) is 5.25. The quantitative estimate of drug-likeness (QED) is 0.315. The van der Waals surface area contributed by atoms with Gasteiger partial charge in [-0.05, 0) is 0 Å². The molecule has 0 unspecified atom stereocenters. The van der Waals surface area contributed by atoms with Crippen LogP contribution in [0, 0.1) is 0 Å². The molecule has 0 atom stereocenters. The third-order valence-corrected chi connectivity index (χ3v) is 17.8. The molecule has 3 heteroatoms. The number of carbonyl (C=O) groups is 1. The molecule has 0 spiro atoms. The van der Waals surface area contributed by atoms with Crippen LogP contribution in [-0.2, 0) is 8.49 Å². The summed E-state index contributed by atoms with van der Waals surface area (Å²) in [6.45, 7) is 13.3. The summed E-state index contributed by atoms with van der Waals surface area (Å²) in [7, 11) is 0. The minimum atomic E-state index is -2.88. The van der Waals surface area contributed by atoms with E-state index in [1.807, 2.05) is 12.1 Å². The second kappa shape index (κ2) is 11.4. The second-order valence-electron chi connectivity index (χ2n) is 8.71. The molecular weight excluding hydrogens is 427 g/mol. The molecule has 0 saturated carbocycles. The van der Waals surface area contributed by atoms with Crippen LogP contribution in [0.25, 0.3) is 0 Å². The number of hydrogen-bond acceptors (Lipinski definition) is 2. The molecule has 1 rings (SSSR count). The topological polar surface area (TPSA) is 26.3 Å². The predicted molar refractivity (Wildman–Crippen MR) is 115 cm³/mol. The molecular formula is C23H40O2Sn. The van der Waals surface area contributed by atoms with Crippen molar-refractivity contribution >= 4 is 24.8 Å². The minimum absolute atomic E-state index is 0.0652. The van der Waals surface area contributed by atoms with E-state index in [-0.39, 0.29) is 11.4 Å². The normalized spacial score (nSPS) is 12.2. The molecule has 0 aliphatic rings. The fourth-order valence-corrected chi connectivity index (χ4v) is 16.4. The third kappa shape index (κ3) is 7.62. The van der Waals surface area contributed by atoms with Crippen LogP contribution in [0.3, 0.4) is 0 Å². The summed E-state index contributed by atoms with van der Waals surface area (Å²) in [5.41, 5.74) is 2.09. The van der Waals surface area contributed by atoms with Gasteiger partial charge in [-0.25, -0.2) is 0 Å². The molecule has 0 aliphatic heterocycles. The standard InChI is InChI=1S/C11H14O2.3C4H9.Sn/c1-11(2,3)9-6-4-8(5-7-9)10(12)13;3*1-3-4-2;/h4-7H,1-3H3,(H,12,13);3*1,3-4H2,2H3;/q;;;;+1/p-1. The molecule has 0 N–H and O–H groups in total. The molecule has 0 aliphatic carbocycles. The maximum atomic E-state index is 12.9. The van der Waals surface area contributed by atoms with Crippen molar-refractivity contribution in [1.82, 2.24) is 0 Å². The first-order chi connectivity index (χ1) is 12.3. The molecule has 26 heavy (non-hydrogen) atoms. The van der Waals surface area contributed by atoms with Gasteiger partial charge in [-0.1, -0.05) is 0 Å². The SMILES string of the molecule is CCC[CH2][Sn]([CH2]CCC)([CH2]CCC)[O]C(=O)c1ccc(C(C)(C)C)cc1. The van der Waals surface area contributed by atoms with Gasteiger partial charge in [0.05, 0.1) is 0 Å². The van der Waals surface area contributed by atoms with Crippen LogP contribution in [0.2, 0.25) is 13.3 Å². The van der Waals surface area contributed by atoms with E-state index in [2.05, 4.69) is 53.7 Å². The summed E-state index contributed by atoms with van der Waals surface area (Å²) in [4.78, 5) is 12.9. The zero-order chi connectivity index (χ0) is 19.6. The summed E-state index contributed by atoms with van der Waals surface area (Å²) in [5.74, 6) is -0.0652. The monoisotopic (exact) mass is 468 g/mol. The van der Waals surface area contributed by atoms with Gasteiger partial charge in [0.2, 0.25) is 0 Å². The van der Waals surface area contributed by atoms with E-state index in [0.717, 1.165) is 5.56 Å². The molecule has 0 bridgehead atoms. The van der Waals surface area contributed by atoms with E-state index >= 15 is 0 Å². The average Bonchev–Trinajstić information content (AvgIpc) is 2.62. The Kier molecular flexibility index (Phi) is 10.3. The predicted octanol–water partition coefficient (Wildman–Crippen LogP) is 7.49. The molecule has 0 radical (unpaired) electrons. The molecule has 0 amide bonds. The Bertz CT molecular complexity index is 506. The molecule has 148 valence electrons. The molecule has 0 fully saturated rings. The summed E-state index contributed by atoms with van der Waals surface area (Å²) >= 11 is -2.88. The number of carbonyl (C=O) groups excluding carboxylic acids is 1. The fourth-order valence-electron chi connectivity index (χ4n) is 3.39. The Morgan fingerprint density at radius 3 is 1.62 bits per heavy atom. The molecule has 2 nitrogen and oxygen atoms in total. The molecule has 1 aromatic rings. The molecule has 0 aromatic heterocycles. The second-order valence-corrected chi connectivity index (χ2v) is 20.3. The van der Waals surface area contributed by atoms with Gasteiger partial charge >= 0.3 is 167 Å². The Morgan fingerprint density at radius 2 is 1.27 bits per heavy atom. The van der Waals surface area contributed by atoms with E-state index < -0.39 is 18.8 Å². The van der Waals surface area contributed by atoms with Gasteiger partial charge in [0.25, 0.3) is 0 Å². The van der Waals surface area contributed by atoms with Crippen molar-refractivity contribution in [3.8, 4) is 0 Å². The van der Waals surface area contributed by atoms with Crippen molar-refractivity contribution in [2.75, 3.05) is 0 Å². The van der Waals surface area contributed by atoms with Crippen molar-refractivity contribution in [1.29, 1.82) is 0 Å². The van der Waals surface area contributed by atoms with E-state index in [4.69, 9.17) is 3.07 Å². The summed E-state index contributed by atoms with van der Waals surface area (Å²) in [6.07, 6.45) is 7.19. The van der Waals surface area contributed by atoms with Gasteiger partial charge in [-0.3, -0.25) is 0 Å². The summed E-state index contributed by atoms with van der Waals surface area (Å²) < 4.78 is 10.0. The summed E-state index contributed by atoms with van der Waals surface area (Å²) in [6, 6.07) is 8.08. The van der Waals surface area contributed by atoms with E-state index in [1.54, 1.807) is 0 Å². The Morgan fingerprint density at radius 1 is 0.846 bits per heavy atom. The van der Waals surface area contributed by atoms with E-state index in [9.17, 15) is 4.79 Å². The van der Waals surface area contributed by atoms with Crippen molar-refractivity contribution < 1.29 is 7.87 Å². The zero-order valence-electron chi connectivity index (χ0n) is 18.0. The van der Waals surface area contributed by atoms with Crippen LogP contribution in [0.15, 0.2) is 24.3 Å². The van der Waals surface area contributed by atoms with Gasteiger partial charge in [0.15, 0.2) is 0 Å². The van der Waals surface area contributed by atoms with E-state index in [0.29, 0.717) is 0 Å². The number of hydrogen-bond donors (Lipinski definition) is 0. The average molecular weight is 467 g/mol. The van der Waals surface area contributed by atoms with Crippen LogP contribution >= 0.6 is 0 Å². The number of unbranched alkanes of at least 4 members (excludes halogenated alkanes) is 3. The summed E-state index contributed by atoms with van der Waals surface area (Å²) in [5, 5.41) is 0. The first-order valence-corrected chi connectivity index (χ1v) is 17.8.